The van der Waals surface area contributed by atoms with E-state index >= 15 is 0 Å². The maximum absolute atomic E-state index is 11.0. The van der Waals surface area contributed by atoms with E-state index in [1.54, 1.807) is 11.6 Å². The zero-order valence-corrected chi connectivity index (χ0v) is 10.6. The number of nitrogens with zero attached hydrogens (tertiary/aromatic N) is 4. The van der Waals surface area contributed by atoms with E-state index in [0.717, 1.165) is 19.4 Å². The van der Waals surface area contributed by atoms with Crippen molar-refractivity contribution in [2.24, 2.45) is 5.92 Å². The number of aromatic nitrogens is 4. The molecule has 7 nitrogen and oxygen atoms in total. The molecule has 1 aromatic rings. The molecule has 3 unspecified atom stereocenters. The Morgan fingerprint density at radius 2 is 2.39 bits per heavy atom. The van der Waals surface area contributed by atoms with Crippen LogP contribution in [-0.2, 0) is 16.0 Å². The van der Waals surface area contributed by atoms with Crippen LogP contribution in [0.15, 0.2) is 0 Å². The quantitative estimate of drug-likeness (QED) is 0.830. The van der Waals surface area contributed by atoms with E-state index in [2.05, 4.69) is 15.5 Å². The molecule has 1 aliphatic rings. The molecule has 2 rings (SSSR count). The molecule has 0 aromatic carbocycles. The van der Waals surface area contributed by atoms with E-state index < -0.39 is 11.9 Å². The predicted octanol–water partition coefficient (Wildman–Crippen LogP) is 0.676. The van der Waals surface area contributed by atoms with Crippen LogP contribution in [0.4, 0.5) is 0 Å². The van der Waals surface area contributed by atoms with Gasteiger partial charge in [-0.05, 0) is 37.1 Å². The van der Waals surface area contributed by atoms with Gasteiger partial charge in [0, 0.05) is 13.0 Å². The zero-order valence-electron chi connectivity index (χ0n) is 10.6. The van der Waals surface area contributed by atoms with E-state index in [4.69, 9.17) is 9.84 Å². The van der Waals surface area contributed by atoms with Crippen LogP contribution in [0.1, 0.15) is 38.6 Å². The Morgan fingerprint density at radius 3 is 3.00 bits per heavy atom. The summed E-state index contributed by atoms with van der Waals surface area (Å²) in [5.74, 6) is -0.680. The number of carbonyl (C=O) groups is 1. The highest BCUT2D eigenvalue weighted by atomic mass is 16.5. The molecule has 1 N–H and O–H groups in total. The topological polar surface area (TPSA) is 90.1 Å². The molecule has 1 fully saturated rings. The Balaban J connectivity index is 2.08. The van der Waals surface area contributed by atoms with Crippen LogP contribution < -0.4 is 0 Å². The van der Waals surface area contributed by atoms with Gasteiger partial charge in [-0.2, -0.15) is 0 Å². The van der Waals surface area contributed by atoms with Crippen LogP contribution in [0.3, 0.4) is 0 Å². The lowest BCUT2D eigenvalue weighted by molar-refractivity contribution is -0.142. The highest BCUT2D eigenvalue weighted by molar-refractivity contribution is 5.70. The second kappa shape index (κ2) is 5.43. The average molecular weight is 254 g/mol. The van der Waals surface area contributed by atoms with Gasteiger partial charge >= 0.3 is 5.97 Å². The fourth-order valence-corrected chi connectivity index (χ4v) is 2.09. The van der Waals surface area contributed by atoms with Crippen molar-refractivity contribution in [3.8, 4) is 0 Å². The molecule has 3 atom stereocenters. The molecule has 7 heteroatoms. The average Bonchev–Trinajstić information content (AvgIpc) is 2.99. The first kappa shape index (κ1) is 12.9. The van der Waals surface area contributed by atoms with Crippen LogP contribution >= 0.6 is 0 Å². The number of ether oxygens (including phenoxy) is 1. The van der Waals surface area contributed by atoms with Crippen molar-refractivity contribution in [1.82, 2.24) is 20.2 Å². The van der Waals surface area contributed by atoms with Gasteiger partial charge in [-0.3, -0.25) is 4.79 Å². The van der Waals surface area contributed by atoms with E-state index in [-0.39, 0.29) is 12.1 Å². The van der Waals surface area contributed by atoms with Crippen molar-refractivity contribution in [2.75, 3.05) is 6.61 Å². The number of carboxylic acid groups (broad SMARTS) is 1. The summed E-state index contributed by atoms with van der Waals surface area (Å²) >= 11 is 0. The molecule has 0 radical (unpaired) electrons. The van der Waals surface area contributed by atoms with Crippen LogP contribution in [0.25, 0.3) is 0 Å². The monoisotopic (exact) mass is 254 g/mol. The Hall–Kier alpha value is -1.50. The van der Waals surface area contributed by atoms with Gasteiger partial charge < -0.3 is 9.84 Å². The third kappa shape index (κ3) is 2.66. The van der Waals surface area contributed by atoms with Crippen molar-refractivity contribution in [1.29, 1.82) is 0 Å². The number of carboxylic acids is 1. The third-order valence-electron chi connectivity index (χ3n) is 3.49. The van der Waals surface area contributed by atoms with Gasteiger partial charge in [0.05, 0.1) is 18.1 Å². The summed E-state index contributed by atoms with van der Waals surface area (Å²) in [5, 5.41) is 20.5. The standard InChI is InChI=1S/C11H18N4O3/c1-7(11(16)17)8(2)15-10(12-13-14-15)6-9-4-3-5-18-9/h7-9H,3-6H2,1-2H3,(H,16,17). The van der Waals surface area contributed by atoms with Crippen molar-refractivity contribution >= 4 is 5.97 Å². The zero-order chi connectivity index (χ0) is 13.1. The number of rotatable bonds is 5. The van der Waals surface area contributed by atoms with E-state index in [9.17, 15) is 4.79 Å². The Morgan fingerprint density at radius 1 is 1.61 bits per heavy atom. The van der Waals surface area contributed by atoms with E-state index in [0.29, 0.717) is 12.2 Å². The van der Waals surface area contributed by atoms with Gasteiger partial charge in [-0.15, -0.1) is 5.10 Å². The van der Waals surface area contributed by atoms with Crippen LogP contribution in [0.5, 0.6) is 0 Å². The normalized spacial score (nSPS) is 22.9. The second-order valence-corrected chi connectivity index (χ2v) is 4.75. The van der Waals surface area contributed by atoms with Gasteiger partial charge in [0.15, 0.2) is 5.82 Å². The fourth-order valence-electron chi connectivity index (χ4n) is 2.09. The third-order valence-corrected chi connectivity index (χ3v) is 3.49. The molecule has 0 aliphatic carbocycles. The van der Waals surface area contributed by atoms with Crippen LogP contribution in [-0.4, -0.2) is 44.0 Å². The van der Waals surface area contributed by atoms with Gasteiger partial charge in [0.2, 0.25) is 0 Å². The first-order valence-corrected chi connectivity index (χ1v) is 6.20. The summed E-state index contributed by atoms with van der Waals surface area (Å²) in [4.78, 5) is 11.0. The molecule has 1 aromatic heterocycles. The second-order valence-electron chi connectivity index (χ2n) is 4.75. The van der Waals surface area contributed by atoms with Gasteiger partial charge in [-0.25, -0.2) is 4.68 Å². The summed E-state index contributed by atoms with van der Waals surface area (Å²) in [6.45, 7) is 4.26. The lowest BCUT2D eigenvalue weighted by Crippen LogP contribution is -2.25. The Bertz CT molecular complexity index is 414. The first-order valence-electron chi connectivity index (χ1n) is 6.20. The minimum Gasteiger partial charge on any atom is -0.481 e. The van der Waals surface area contributed by atoms with Crippen LogP contribution in [0.2, 0.25) is 0 Å². The molecule has 0 spiro atoms. The van der Waals surface area contributed by atoms with Gasteiger partial charge in [0.1, 0.15) is 0 Å². The molecular formula is C11H18N4O3. The SMILES string of the molecule is CC(C(=O)O)C(C)n1nnnc1CC1CCCO1. The minimum absolute atomic E-state index is 0.155. The lowest BCUT2D eigenvalue weighted by atomic mass is 10.0. The van der Waals surface area contributed by atoms with Crippen molar-refractivity contribution in [2.45, 2.75) is 45.3 Å². The van der Waals surface area contributed by atoms with Gasteiger partial charge in [-0.1, -0.05) is 0 Å². The highest BCUT2D eigenvalue weighted by Gasteiger charge is 2.26. The molecule has 2 heterocycles. The summed E-state index contributed by atoms with van der Waals surface area (Å²) in [6.07, 6.45) is 2.87. The van der Waals surface area contributed by atoms with E-state index in [1.807, 2.05) is 6.92 Å². The molecule has 1 aliphatic heterocycles. The van der Waals surface area contributed by atoms with E-state index in [1.165, 1.54) is 0 Å². The largest absolute Gasteiger partial charge is 0.481 e. The number of tetrazole rings is 1. The molecule has 0 bridgehead atoms. The van der Waals surface area contributed by atoms with Crippen molar-refractivity contribution in [3.63, 3.8) is 0 Å². The first-order chi connectivity index (χ1) is 8.59. The maximum Gasteiger partial charge on any atom is 0.308 e. The van der Waals surface area contributed by atoms with Crippen molar-refractivity contribution in [3.05, 3.63) is 5.82 Å². The molecule has 100 valence electrons. The highest BCUT2D eigenvalue weighted by Crippen LogP contribution is 2.21. The fraction of sp³-hybridized carbons (Fsp3) is 0.818. The van der Waals surface area contributed by atoms with Crippen LogP contribution in [0, 0.1) is 5.92 Å². The minimum atomic E-state index is -0.846. The number of hydrogen-bond acceptors (Lipinski definition) is 5. The molecule has 1 saturated heterocycles. The van der Waals surface area contributed by atoms with Gasteiger partial charge in [0.25, 0.3) is 0 Å². The lowest BCUT2D eigenvalue weighted by Gasteiger charge is -2.18. The number of hydrogen-bond donors (Lipinski definition) is 1. The summed E-state index contributed by atoms with van der Waals surface area (Å²) in [7, 11) is 0. The maximum atomic E-state index is 11.0. The smallest absolute Gasteiger partial charge is 0.308 e. The van der Waals surface area contributed by atoms with Crippen molar-refractivity contribution < 1.29 is 14.6 Å². The Labute approximate surface area is 105 Å². The summed E-state index contributed by atoms with van der Waals surface area (Å²) < 4.78 is 7.14. The summed E-state index contributed by atoms with van der Waals surface area (Å²) in [5.41, 5.74) is 0. The molecule has 18 heavy (non-hydrogen) atoms. The molecule has 0 saturated carbocycles. The molecular weight excluding hydrogens is 236 g/mol. The summed E-state index contributed by atoms with van der Waals surface area (Å²) in [6, 6.07) is -0.270. The predicted molar refractivity (Wildman–Crippen MR) is 62.0 cm³/mol. The Kier molecular flexibility index (Phi) is 3.90. The molecule has 0 amide bonds. The number of aliphatic carboxylic acids is 1.